The first-order valence-electron chi connectivity index (χ1n) is 10.0. The topological polar surface area (TPSA) is 68.2 Å². The van der Waals surface area contributed by atoms with Gasteiger partial charge >= 0.3 is 5.97 Å². The first kappa shape index (κ1) is 21.3. The lowest BCUT2D eigenvalue weighted by atomic mass is 10.1. The highest BCUT2D eigenvalue weighted by molar-refractivity contribution is 5.89. The maximum atomic E-state index is 11.4. The number of β-amino-alcohol motifs (C(OH)–C–C–N with tert-alkyl or cyclic N) is 1. The SMILES string of the molecule is COC(=O)c1ccc(OCC(O)CN2CCC(OCc3ccccc3)CC2)cc1. The Morgan fingerprint density at radius 3 is 2.45 bits per heavy atom. The lowest BCUT2D eigenvalue weighted by Gasteiger charge is -2.33. The molecule has 156 valence electrons. The number of likely N-dealkylation sites (tertiary alicyclic amines) is 1. The highest BCUT2D eigenvalue weighted by Gasteiger charge is 2.21. The van der Waals surface area contributed by atoms with Crippen molar-refractivity contribution in [1.29, 1.82) is 0 Å². The highest BCUT2D eigenvalue weighted by atomic mass is 16.5. The molecule has 3 rings (SSSR count). The molecule has 1 fully saturated rings. The number of rotatable bonds is 9. The molecule has 0 radical (unpaired) electrons. The third-order valence-electron chi connectivity index (χ3n) is 5.05. The fourth-order valence-corrected chi connectivity index (χ4v) is 3.40. The third kappa shape index (κ3) is 6.85. The number of hydrogen-bond acceptors (Lipinski definition) is 6. The van der Waals surface area contributed by atoms with Gasteiger partial charge in [-0.1, -0.05) is 30.3 Å². The predicted octanol–water partition coefficient (Wildman–Crippen LogP) is 2.89. The monoisotopic (exact) mass is 399 g/mol. The molecule has 0 bridgehead atoms. The van der Waals surface area contributed by atoms with E-state index < -0.39 is 6.10 Å². The minimum Gasteiger partial charge on any atom is -0.491 e. The molecule has 0 amide bonds. The number of carbonyl (C=O) groups is 1. The van der Waals surface area contributed by atoms with Crippen LogP contribution in [0.3, 0.4) is 0 Å². The first-order chi connectivity index (χ1) is 14.1. The van der Waals surface area contributed by atoms with Gasteiger partial charge in [0.05, 0.1) is 25.4 Å². The van der Waals surface area contributed by atoms with Crippen molar-refractivity contribution in [2.24, 2.45) is 0 Å². The van der Waals surface area contributed by atoms with Gasteiger partial charge < -0.3 is 24.2 Å². The zero-order valence-electron chi connectivity index (χ0n) is 16.8. The lowest BCUT2D eigenvalue weighted by Crippen LogP contribution is -2.42. The number of aliphatic hydroxyl groups is 1. The lowest BCUT2D eigenvalue weighted by molar-refractivity contribution is -0.0144. The molecule has 1 aliphatic heterocycles. The van der Waals surface area contributed by atoms with Crippen molar-refractivity contribution in [1.82, 2.24) is 4.90 Å². The van der Waals surface area contributed by atoms with Crippen LogP contribution in [-0.4, -0.2) is 61.5 Å². The second-order valence-electron chi connectivity index (χ2n) is 7.28. The zero-order chi connectivity index (χ0) is 20.5. The Hall–Kier alpha value is -2.41. The molecular formula is C23H29NO5. The van der Waals surface area contributed by atoms with E-state index in [2.05, 4.69) is 21.8 Å². The van der Waals surface area contributed by atoms with Gasteiger partial charge in [-0.15, -0.1) is 0 Å². The molecule has 0 aliphatic carbocycles. The normalized spacial score (nSPS) is 16.3. The van der Waals surface area contributed by atoms with Crippen LogP contribution in [0.25, 0.3) is 0 Å². The predicted molar refractivity (Wildman–Crippen MR) is 110 cm³/mol. The van der Waals surface area contributed by atoms with Crippen LogP contribution in [0.15, 0.2) is 54.6 Å². The third-order valence-corrected chi connectivity index (χ3v) is 5.05. The van der Waals surface area contributed by atoms with Crippen molar-refractivity contribution in [3.63, 3.8) is 0 Å². The zero-order valence-corrected chi connectivity index (χ0v) is 16.8. The Kier molecular flexibility index (Phi) is 8.04. The van der Waals surface area contributed by atoms with E-state index in [4.69, 9.17) is 9.47 Å². The maximum Gasteiger partial charge on any atom is 0.337 e. The number of benzene rings is 2. The number of nitrogens with zero attached hydrogens (tertiary/aromatic N) is 1. The van der Waals surface area contributed by atoms with Gasteiger partial charge in [0.15, 0.2) is 0 Å². The number of ether oxygens (including phenoxy) is 3. The summed E-state index contributed by atoms with van der Waals surface area (Å²) >= 11 is 0. The van der Waals surface area contributed by atoms with Gasteiger partial charge in [-0.25, -0.2) is 4.79 Å². The van der Waals surface area contributed by atoms with Crippen LogP contribution >= 0.6 is 0 Å². The van der Waals surface area contributed by atoms with Crippen LogP contribution < -0.4 is 4.74 Å². The number of carbonyl (C=O) groups excluding carboxylic acids is 1. The van der Waals surface area contributed by atoms with Gasteiger partial charge in [-0.05, 0) is 42.7 Å². The van der Waals surface area contributed by atoms with Gasteiger partial charge in [0, 0.05) is 19.6 Å². The summed E-state index contributed by atoms with van der Waals surface area (Å²) in [6.07, 6.45) is 1.63. The molecule has 1 N–H and O–H groups in total. The number of methoxy groups -OCH3 is 1. The molecule has 2 aromatic carbocycles. The van der Waals surface area contributed by atoms with E-state index in [-0.39, 0.29) is 18.7 Å². The molecule has 6 nitrogen and oxygen atoms in total. The molecule has 1 unspecified atom stereocenters. The second-order valence-corrected chi connectivity index (χ2v) is 7.28. The quantitative estimate of drug-likeness (QED) is 0.654. The Morgan fingerprint density at radius 1 is 1.10 bits per heavy atom. The summed E-state index contributed by atoms with van der Waals surface area (Å²) in [4.78, 5) is 13.7. The van der Waals surface area contributed by atoms with Crippen LogP contribution in [0.5, 0.6) is 5.75 Å². The molecule has 29 heavy (non-hydrogen) atoms. The van der Waals surface area contributed by atoms with E-state index in [9.17, 15) is 9.90 Å². The Bertz CT molecular complexity index is 742. The molecule has 2 aromatic rings. The number of aliphatic hydroxyl groups excluding tert-OH is 1. The van der Waals surface area contributed by atoms with Crippen LogP contribution in [0.4, 0.5) is 0 Å². The average Bonchev–Trinajstić information content (AvgIpc) is 2.78. The smallest absolute Gasteiger partial charge is 0.337 e. The summed E-state index contributed by atoms with van der Waals surface area (Å²) in [6.45, 7) is 3.25. The van der Waals surface area contributed by atoms with E-state index in [1.54, 1.807) is 24.3 Å². The first-order valence-corrected chi connectivity index (χ1v) is 10.0. The highest BCUT2D eigenvalue weighted by Crippen LogP contribution is 2.17. The average molecular weight is 399 g/mol. The van der Waals surface area contributed by atoms with Crippen molar-refractivity contribution < 1.29 is 24.1 Å². The summed E-state index contributed by atoms with van der Waals surface area (Å²) in [5.41, 5.74) is 1.67. The molecule has 1 saturated heterocycles. The van der Waals surface area contributed by atoms with Crippen molar-refractivity contribution >= 4 is 5.97 Å². The molecule has 1 heterocycles. The molecule has 1 atom stereocenters. The molecular weight excluding hydrogens is 370 g/mol. The minimum absolute atomic E-state index is 0.210. The Balaban J connectivity index is 1.33. The van der Waals surface area contributed by atoms with Gasteiger partial charge in [-0.2, -0.15) is 0 Å². The summed E-state index contributed by atoms with van der Waals surface area (Å²) < 4.78 is 16.3. The van der Waals surface area contributed by atoms with E-state index in [1.807, 2.05) is 18.2 Å². The van der Waals surface area contributed by atoms with Gasteiger partial charge in [-0.3, -0.25) is 0 Å². The molecule has 6 heteroatoms. The van der Waals surface area contributed by atoms with E-state index in [0.717, 1.165) is 25.9 Å². The molecule has 0 saturated carbocycles. The maximum absolute atomic E-state index is 11.4. The van der Waals surface area contributed by atoms with Crippen LogP contribution in [0.2, 0.25) is 0 Å². The number of piperidine rings is 1. The standard InChI is InChI=1S/C23H29NO5/c1-27-23(26)19-7-9-21(10-8-19)29-17-20(25)15-24-13-11-22(12-14-24)28-16-18-5-3-2-4-6-18/h2-10,20,22,25H,11-17H2,1H3. The van der Waals surface area contributed by atoms with Crippen molar-refractivity contribution in [3.8, 4) is 5.75 Å². The van der Waals surface area contributed by atoms with Crippen LogP contribution in [0, 0.1) is 0 Å². The summed E-state index contributed by atoms with van der Waals surface area (Å²) in [6, 6.07) is 16.9. The van der Waals surface area contributed by atoms with E-state index in [0.29, 0.717) is 24.5 Å². The van der Waals surface area contributed by atoms with E-state index in [1.165, 1.54) is 12.7 Å². The summed E-state index contributed by atoms with van der Waals surface area (Å²) in [7, 11) is 1.35. The molecule has 1 aliphatic rings. The van der Waals surface area contributed by atoms with Crippen molar-refractivity contribution in [2.45, 2.75) is 31.7 Å². The Morgan fingerprint density at radius 2 is 1.79 bits per heavy atom. The Labute approximate surface area is 172 Å². The minimum atomic E-state index is -0.572. The van der Waals surface area contributed by atoms with Gasteiger partial charge in [0.1, 0.15) is 18.5 Å². The van der Waals surface area contributed by atoms with E-state index >= 15 is 0 Å². The fraction of sp³-hybridized carbons (Fsp3) is 0.435. The molecule has 0 spiro atoms. The fourth-order valence-electron chi connectivity index (χ4n) is 3.40. The van der Waals surface area contributed by atoms with Gasteiger partial charge in [0.2, 0.25) is 0 Å². The van der Waals surface area contributed by atoms with Crippen molar-refractivity contribution in [3.05, 3.63) is 65.7 Å². The number of esters is 1. The summed E-state index contributed by atoms with van der Waals surface area (Å²) in [5, 5.41) is 10.3. The van der Waals surface area contributed by atoms with Crippen molar-refractivity contribution in [2.75, 3.05) is 33.4 Å². The van der Waals surface area contributed by atoms with Gasteiger partial charge in [0.25, 0.3) is 0 Å². The largest absolute Gasteiger partial charge is 0.491 e. The van der Waals surface area contributed by atoms with Crippen LogP contribution in [-0.2, 0) is 16.1 Å². The number of hydrogen-bond donors (Lipinski definition) is 1. The van der Waals surface area contributed by atoms with Crippen LogP contribution in [0.1, 0.15) is 28.8 Å². The summed E-state index contributed by atoms with van der Waals surface area (Å²) in [5.74, 6) is 0.234. The molecule has 0 aromatic heterocycles. The second kappa shape index (κ2) is 11.0.